The Hall–Kier alpha value is -0.800. The molecular weight excluding hydrogens is 208 g/mol. The minimum Gasteiger partial charge on any atom is -0.444 e. The fraction of sp³-hybridized carbons (Fsp3) is 0.917. The maximum absolute atomic E-state index is 12.4. The van der Waals surface area contributed by atoms with Gasteiger partial charge in [0.25, 0.3) is 0 Å². The summed E-state index contributed by atoms with van der Waals surface area (Å²) in [6.45, 7) is 5.28. The first-order valence-corrected chi connectivity index (χ1v) is 5.96. The van der Waals surface area contributed by atoms with Gasteiger partial charge in [0.05, 0.1) is 6.67 Å². The smallest absolute Gasteiger partial charge is 0.407 e. The second-order valence-corrected chi connectivity index (χ2v) is 5.52. The van der Waals surface area contributed by atoms with Crippen LogP contribution in [0, 0.1) is 5.92 Å². The highest BCUT2D eigenvalue weighted by molar-refractivity contribution is 5.68. The zero-order chi connectivity index (χ0) is 12.2. The molecule has 0 saturated heterocycles. The van der Waals surface area contributed by atoms with Crippen molar-refractivity contribution < 1.29 is 13.9 Å². The van der Waals surface area contributed by atoms with Gasteiger partial charge in [0.1, 0.15) is 5.60 Å². The van der Waals surface area contributed by atoms with Gasteiger partial charge in [0.15, 0.2) is 0 Å². The third-order valence-corrected chi connectivity index (χ3v) is 2.79. The first kappa shape index (κ1) is 13.3. The predicted molar refractivity (Wildman–Crippen MR) is 61.1 cm³/mol. The number of alkyl carbamates (subject to hydrolysis) is 1. The summed E-state index contributed by atoms with van der Waals surface area (Å²) < 4.78 is 17.5. The van der Waals surface area contributed by atoms with Gasteiger partial charge in [-0.15, -0.1) is 0 Å². The van der Waals surface area contributed by atoms with Gasteiger partial charge in [-0.25, -0.2) is 4.79 Å². The van der Waals surface area contributed by atoms with E-state index >= 15 is 0 Å². The summed E-state index contributed by atoms with van der Waals surface area (Å²) >= 11 is 0. The van der Waals surface area contributed by atoms with E-state index in [4.69, 9.17) is 4.74 Å². The molecule has 4 heteroatoms. The molecule has 0 heterocycles. The van der Waals surface area contributed by atoms with Crippen LogP contribution in [-0.4, -0.2) is 24.4 Å². The van der Waals surface area contributed by atoms with Crippen molar-refractivity contribution in [3.05, 3.63) is 0 Å². The summed E-state index contributed by atoms with van der Waals surface area (Å²) in [5, 5.41) is 2.84. The summed E-state index contributed by atoms with van der Waals surface area (Å²) in [4.78, 5) is 11.5. The number of nitrogens with one attached hydrogen (secondary N) is 1. The van der Waals surface area contributed by atoms with Crippen molar-refractivity contribution in [1.82, 2.24) is 5.32 Å². The lowest BCUT2D eigenvalue weighted by molar-refractivity contribution is 0.0486. The highest BCUT2D eigenvalue weighted by Crippen LogP contribution is 2.24. The lowest BCUT2D eigenvalue weighted by Gasteiger charge is -2.28. The van der Waals surface area contributed by atoms with Crippen LogP contribution in [-0.2, 0) is 4.74 Å². The number of alkyl halides is 1. The van der Waals surface area contributed by atoms with Crippen LogP contribution in [0.4, 0.5) is 9.18 Å². The Labute approximate surface area is 96.7 Å². The molecule has 3 nitrogen and oxygen atoms in total. The Bertz CT molecular complexity index is 230. The summed E-state index contributed by atoms with van der Waals surface area (Å²) in [5.41, 5.74) is -0.458. The van der Waals surface area contributed by atoms with Gasteiger partial charge in [-0.2, -0.15) is 0 Å². The third-order valence-electron chi connectivity index (χ3n) is 2.79. The fourth-order valence-electron chi connectivity index (χ4n) is 1.94. The molecule has 1 amide bonds. The van der Waals surface area contributed by atoms with E-state index in [9.17, 15) is 9.18 Å². The molecule has 0 atom stereocenters. The van der Waals surface area contributed by atoms with Crippen LogP contribution < -0.4 is 5.32 Å². The van der Waals surface area contributed by atoms with Crippen LogP contribution in [0.1, 0.15) is 46.5 Å². The first-order valence-electron chi connectivity index (χ1n) is 5.96. The monoisotopic (exact) mass is 230 g/mol. The molecule has 1 N–H and O–H groups in total. The van der Waals surface area contributed by atoms with Crippen LogP contribution in [0.2, 0.25) is 0 Å². The zero-order valence-corrected chi connectivity index (χ0v) is 10.4. The summed E-state index contributed by atoms with van der Waals surface area (Å²) in [5.74, 6) is 0.191. The van der Waals surface area contributed by atoms with Gasteiger partial charge < -0.3 is 10.1 Å². The lowest BCUT2D eigenvalue weighted by atomic mass is 9.87. The van der Waals surface area contributed by atoms with Gasteiger partial charge in [-0.05, 0) is 52.4 Å². The van der Waals surface area contributed by atoms with Crippen LogP contribution in [0.25, 0.3) is 0 Å². The van der Waals surface area contributed by atoms with Gasteiger partial charge in [-0.3, -0.25) is 4.39 Å². The zero-order valence-electron chi connectivity index (χ0n) is 10.4. The lowest BCUT2D eigenvalue weighted by Crippen LogP contribution is -2.41. The molecule has 1 aliphatic rings. The number of carbonyl (C=O) groups is 1. The number of carbonyl (C=O) groups excluding carboxylic acids is 1. The SMILES string of the molecule is CC(C)(C)OC(=O)NC1CCC(C[18F])CC1. The maximum atomic E-state index is 12.4. The van der Waals surface area contributed by atoms with E-state index in [1.807, 2.05) is 20.8 Å². The van der Waals surface area contributed by atoms with Gasteiger partial charge in [-0.1, -0.05) is 0 Å². The van der Waals surface area contributed by atoms with Crippen molar-refractivity contribution >= 4 is 6.09 Å². The van der Waals surface area contributed by atoms with Crippen molar-refractivity contribution in [1.29, 1.82) is 0 Å². The second-order valence-electron chi connectivity index (χ2n) is 5.52. The molecule has 0 spiro atoms. The van der Waals surface area contributed by atoms with Crippen LogP contribution in [0.5, 0.6) is 0 Å². The second kappa shape index (κ2) is 5.51. The molecule has 0 bridgehead atoms. The summed E-state index contributed by atoms with van der Waals surface area (Å²) in [6.07, 6.45) is 3.06. The van der Waals surface area contributed by atoms with E-state index < -0.39 is 5.60 Å². The molecule has 94 valence electrons. The molecule has 1 saturated carbocycles. The molecule has 0 unspecified atom stereocenters. The van der Waals surface area contributed by atoms with Crippen LogP contribution in [0.15, 0.2) is 0 Å². The Kier molecular flexibility index (Phi) is 4.56. The number of amides is 1. The normalized spacial score (nSPS) is 26.2. The van der Waals surface area contributed by atoms with Gasteiger partial charge in [0.2, 0.25) is 0 Å². The van der Waals surface area contributed by atoms with Crippen molar-refractivity contribution in [2.75, 3.05) is 6.67 Å². The van der Waals surface area contributed by atoms with E-state index in [1.165, 1.54) is 0 Å². The van der Waals surface area contributed by atoms with Gasteiger partial charge in [0, 0.05) is 6.04 Å². The Morgan fingerprint density at radius 1 is 1.31 bits per heavy atom. The first-order chi connectivity index (χ1) is 7.40. The van der Waals surface area contributed by atoms with E-state index in [0.29, 0.717) is 0 Å². The molecule has 0 aromatic carbocycles. The Morgan fingerprint density at radius 3 is 2.31 bits per heavy atom. The number of halogens is 1. The maximum Gasteiger partial charge on any atom is 0.407 e. The number of hydrogen-bond acceptors (Lipinski definition) is 2. The molecule has 0 radical (unpaired) electrons. The molecule has 16 heavy (non-hydrogen) atoms. The van der Waals surface area contributed by atoms with Crippen molar-refractivity contribution in [2.24, 2.45) is 5.92 Å². The highest BCUT2D eigenvalue weighted by atomic mass is 18.2. The van der Waals surface area contributed by atoms with E-state index in [1.54, 1.807) is 0 Å². The van der Waals surface area contributed by atoms with Crippen LogP contribution in [0.3, 0.4) is 0 Å². The van der Waals surface area contributed by atoms with Crippen molar-refractivity contribution in [3.8, 4) is 0 Å². The quantitative estimate of drug-likeness (QED) is 0.791. The van der Waals surface area contributed by atoms with Crippen molar-refractivity contribution in [3.63, 3.8) is 0 Å². The van der Waals surface area contributed by atoms with E-state index in [2.05, 4.69) is 5.32 Å². The molecule has 0 aromatic rings. The fourth-order valence-corrected chi connectivity index (χ4v) is 1.94. The minimum atomic E-state index is -0.458. The van der Waals surface area contributed by atoms with Gasteiger partial charge >= 0.3 is 6.09 Å². The average molecular weight is 230 g/mol. The Morgan fingerprint density at radius 2 is 1.88 bits per heavy atom. The Balaban J connectivity index is 2.26. The summed E-state index contributed by atoms with van der Waals surface area (Å²) in [7, 11) is 0. The minimum absolute atomic E-state index is 0.151. The van der Waals surface area contributed by atoms with E-state index in [0.717, 1.165) is 25.7 Å². The number of hydrogen-bond donors (Lipinski definition) is 1. The largest absolute Gasteiger partial charge is 0.444 e. The molecular formula is C12H22FNO2. The van der Waals surface area contributed by atoms with Crippen LogP contribution >= 0.6 is 0 Å². The molecule has 1 rings (SSSR count). The van der Waals surface area contributed by atoms with Crippen molar-refractivity contribution in [2.45, 2.75) is 58.1 Å². The topological polar surface area (TPSA) is 38.3 Å². The number of ether oxygens (including phenoxy) is 1. The molecule has 1 aliphatic carbocycles. The summed E-state index contributed by atoms with van der Waals surface area (Å²) in [6, 6.07) is 0.151. The standard InChI is InChI=1S/C12H22FNO2/c1-12(2,3)16-11(15)14-10-6-4-9(8-13)5-7-10/h9-10H,4-8H2,1-3H3,(H,14,15)/i13-1. The number of rotatable bonds is 2. The van der Waals surface area contributed by atoms with E-state index in [-0.39, 0.29) is 24.7 Å². The molecule has 1 fully saturated rings. The molecule has 0 aromatic heterocycles. The average Bonchev–Trinajstić information content (AvgIpc) is 2.16. The predicted octanol–water partition coefficient (Wildman–Crippen LogP) is 3.04. The highest BCUT2D eigenvalue weighted by Gasteiger charge is 2.24. The third kappa shape index (κ3) is 4.81. The molecule has 0 aliphatic heterocycles.